The minimum absolute atomic E-state index is 0.334. The molecule has 1 atom stereocenters. The highest BCUT2D eigenvalue weighted by Crippen LogP contribution is 2.20. The average Bonchev–Trinajstić information content (AvgIpc) is 2.65. The Bertz CT molecular complexity index is 597. The highest BCUT2D eigenvalue weighted by Gasteiger charge is 2.11. The zero-order chi connectivity index (χ0) is 13.1. The molecule has 2 rings (SSSR count). The van der Waals surface area contributed by atoms with Crippen molar-refractivity contribution in [3.63, 3.8) is 0 Å². The lowest BCUT2D eigenvalue weighted by Gasteiger charge is -2.13. The van der Waals surface area contributed by atoms with Gasteiger partial charge in [0, 0.05) is 13.7 Å². The molecule has 1 aromatic heterocycles. The van der Waals surface area contributed by atoms with Crippen molar-refractivity contribution in [2.24, 2.45) is 5.92 Å². The lowest BCUT2D eigenvalue weighted by Crippen LogP contribution is -2.14. The van der Waals surface area contributed by atoms with Crippen LogP contribution in [0, 0.1) is 17.2 Å². The molecular weight excluding hydrogens is 228 g/mol. The first-order valence-electron chi connectivity index (χ1n) is 5.80. The van der Waals surface area contributed by atoms with E-state index in [9.17, 15) is 0 Å². The molecule has 0 amide bonds. The minimum Gasteiger partial charge on any atom is -0.384 e. The van der Waals surface area contributed by atoms with Gasteiger partial charge in [-0.1, -0.05) is 6.92 Å². The van der Waals surface area contributed by atoms with Gasteiger partial charge in [0.25, 0.3) is 0 Å². The van der Waals surface area contributed by atoms with Crippen molar-refractivity contribution >= 4 is 17.0 Å². The van der Waals surface area contributed by atoms with E-state index >= 15 is 0 Å². The fourth-order valence-corrected chi connectivity index (χ4v) is 2.05. The number of nitrogens with two attached hydrogens (primary N) is 1. The molecule has 0 aliphatic rings. The lowest BCUT2D eigenvalue weighted by molar-refractivity contribution is 0.152. The van der Waals surface area contributed by atoms with E-state index in [1.54, 1.807) is 13.2 Å². The summed E-state index contributed by atoms with van der Waals surface area (Å²) >= 11 is 0. The van der Waals surface area contributed by atoms with E-state index in [1.807, 2.05) is 16.7 Å². The molecular formula is C13H16N4O. The number of rotatable bonds is 4. The van der Waals surface area contributed by atoms with E-state index < -0.39 is 0 Å². The van der Waals surface area contributed by atoms with Crippen LogP contribution < -0.4 is 5.73 Å². The molecule has 5 nitrogen and oxygen atoms in total. The van der Waals surface area contributed by atoms with Gasteiger partial charge in [-0.15, -0.1) is 0 Å². The number of nitriles is 1. The first kappa shape index (κ1) is 12.4. The number of nitrogens with zero attached hydrogens (tertiary/aromatic N) is 3. The first-order chi connectivity index (χ1) is 8.65. The Morgan fingerprint density at radius 1 is 1.56 bits per heavy atom. The van der Waals surface area contributed by atoms with Gasteiger partial charge in [-0.3, -0.25) is 0 Å². The van der Waals surface area contributed by atoms with E-state index in [1.165, 1.54) is 0 Å². The number of imidazole rings is 1. The number of hydrogen-bond acceptors (Lipinski definition) is 4. The number of methoxy groups -OCH3 is 1. The summed E-state index contributed by atoms with van der Waals surface area (Å²) in [7, 11) is 1.68. The smallest absolute Gasteiger partial charge is 0.201 e. The quantitative estimate of drug-likeness (QED) is 0.889. The Morgan fingerprint density at radius 3 is 3.00 bits per heavy atom. The number of ether oxygens (including phenoxy) is 1. The van der Waals surface area contributed by atoms with Crippen molar-refractivity contribution in [3.8, 4) is 6.07 Å². The number of anilines is 1. The van der Waals surface area contributed by atoms with E-state index in [4.69, 9.17) is 15.7 Å². The summed E-state index contributed by atoms with van der Waals surface area (Å²) in [5.74, 6) is 0.809. The van der Waals surface area contributed by atoms with Crippen LogP contribution >= 0.6 is 0 Å². The molecule has 0 aliphatic heterocycles. The SMILES string of the molecule is COCC(C)Cn1c(N)nc2ccc(C#N)cc21. The monoisotopic (exact) mass is 244 g/mol. The van der Waals surface area contributed by atoms with Crippen molar-refractivity contribution in [1.29, 1.82) is 5.26 Å². The maximum atomic E-state index is 8.93. The van der Waals surface area contributed by atoms with E-state index in [0.29, 0.717) is 24.0 Å². The molecule has 1 unspecified atom stereocenters. The van der Waals surface area contributed by atoms with Gasteiger partial charge < -0.3 is 15.0 Å². The van der Waals surface area contributed by atoms with Gasteiger partial charge >= 0.3 is 0 Å². The van der Waals surface area contributed by atoms with Gasteiger partial charge in [0.2, 0.25) is 5.95 Å². The Hall–Kier alpha value is -2.06. The summed E-state index contributed by atoms with van der Waals surface area (Å²) in [5, 5.41) is 8.93. The summed E-state index contributed by atoms with van der Waals surface area (Å²) in [4.78, 5) is 4.29. The third-order valence-corrected chi connectivity index (χ3v) is 2.85. The molecule has 94 valence electrons. The third kappa shape index (κ3) is 2.29. The van der Waals surface area contributed by atoms with Gasteiger partial charge in [-0.25, -0.2) is 4.98 Å². The fourth-order valence-electron chi connectivity index (χ4n) is 2.05. The van der Waals surface area contributed by atoms with Crippen molar-refractivity contribution in [3.05, 3.63) is 23.8 Å². The second kappa shape index (κ2) is 5.07. The Labute approximate surface area is 106 Å². The summed E-state index contributed by atoms with van der Waals surface area (Å²) < 4.78 is 7.05. The van der Waals surface area contributed by atoms with Gasteiger partial charge in [0.15, 0.2) is 0 Å². The molecule has 2 N–H and O–H groups in total. The predicted molar refractivity (Wildman–Crippen MR) is 69.9 cm³/mol. The molecule has 18 heavy (non-hydrogen) atoms. The van der Waals surface area contributed by atoms with Gasteiger partial charge in [0.1, 0.15) is 0 Å². The zero-order valence-electron chi connectivity index (χ0n) is 10.6. The predicted octanol–water partition coefficient (Wildman–Crippen LogP) is 1.77. The molecule has 0 saturated carbocycles. The van der Waals surface area contributed by atoms with E-state index in [0.717, 1.165) is 17.6 Å². The second-order valence-corrected chi connectivity index (χ2v) is 4.46. The van der Waals surface area contributed by atoms with Crippen LogP contribution in [0.2, 0.25) is 0 Å². The van der Waals surface area contributed by atoms with Crippen LogP contribution in [-0.2, 0) is 11.3 Å². The molecule has 1 aromatic carbocycles. The summed E-state index contributed by atoms with van der Waals surface area (Å²) in [5.41, 5.74) is 8.24. The van der Waals surface area contributed by atoms with E-state index in [-0.39, 0.29) is 0 Å². The van der Waals surface area contributed by atoms with E-state index in [2.05, 4.69) is 18.0 Å². The van der Waals surface area contributed by atoms with Gasteiger partial charge in [0.05, 0.1) is 29.3 Å². The van der Waals surface area contributed by atoms with Crippen LogP contribution in [0.25, 0.3) is 11.0 Å². The number of hydrogen-bond donors (Lipinski definition) is 1. The number of fused-ring (bicyclic) bond motifs is 1. The van der Waals surface area contributed by atoms with Crippen molar-refractivity contribution < 1.29 is 4.74 Å². The van der Waals surface area contributed by atoms with Crippen molar-refractivity contribution in [2.45, 2.75) is 13.5 Å². The summed E-state index contributed by atoms with van der Waals surface area (Å²) in [6, 6.07) is 7.51. The first-order valence-corrected chi connectivity index (χ1v) is 5.80. The summed E-state index contributed by atoms with van der Waals surface area (Å²) in [6.45, 7) is 3.48. The van der Waals surface area contributed by atoms with Crippen molar-refractivity contribution in [2.75, 3.05) is 19.5 Å². The largest absolute Gasteiger partial charge is 0.384 e. The highest BCUT2D eigenvalue weighted by atomic mass is 16.5. The van der Waals surface area contributed by atoms with Gasteiger partial charge in [-0.05, 0) is 24.1 Å². The van der Waals surface area contributed by atoms with Crippen LogP contribution in [0.15, 0.2) is 18.2 Å². The van der Waals surface area contributed by atoms with Crippen LogP contribution in [0.4, 0.5) is 5.95 Å². The molecule has 0 bridgehead atoms. The van der Waals surface area contributed by atoms with Gasteiger partial charge in [-0.2, -0.15) is 5.26 Å². The Morgan fingerprint density at radius 2 is 2.33 bits per heavy atom. The number of aromatic nitrogens is 2. The molecule has 5 heteroatoms. The molecule has 2 aromatic rings. The van der Waals surface area contributed by atoms with Crippen LogP contribution in [0.1, 0.15) is 12.5 Å². The molecule has 1 heterocycles. The molecule has 0 fully saturated rings. The fraction of sp³-hybridized carbons (Fsp3) is 0.385. The minimum atomic E-state index is 0.334. The Kier molecular flexibility index (Phi) is 3.49. The second-order valence-electron chi connectivity index (χ2n) is 4.46. The summed E-state index contributed by atoms with van der Waals surface area (Å²) in [6.07, 6.45) is 0. The highest BCUT2D eigenvalue weighted by molar-refractivity contribution is 5.79. The molecule has 0 aliphatic carbocycles. The van der Waals surface area contributed by atoms with Crippen molar-refractivity contribution in [1.82, 2.24) is 9.55 Å². The average molecular weight is 244 g/mol. The van der Waals surface area contributed by atoms with Crippen LogP contribution in [-0.4, -0.2) is 23.3 Å². The molecule has 0 saturated heterocycles. The topological polar surface area (TPSA) is 76.9 Å². The third-order valence-electron chi connectivity index (χ3n) is 2.85. The molecule has 0 spiro atoms. The normalized spacial score (nSPS) is 12.5. The van der Waals surface area contributed by atoms with Crippen LogP contribution in [0.3, 0.4) is 0 Å². The van der Waals surface area contributed by atoms with Crippen LogP contribution in [0.5, 0.6) is 0 Å². The maximum Gasteiger partial charge on any atom is 0.201 e. The zero-order valence-corrected chi connectivity index (χ0v) is 10.6. The Balaban J connectivity index is 2.42. The standard InChI is InChI=1S/C13H16N4O/c1-9(8-18-2)7-17-12-5-10(6-14)3-4-11(12)16-13(17)15/h3-5,9H,7-8H2,1-2H3,(H2,15,16). The maximum absolute atomic E-state index is 8.93. The molecule has 0 radical (unpaired) electrons. The number of benzene rings is 1. The lowest BCUT2D eigenvalue weighted by atomic mass is 10.2. The number of nitrogen functional groups attached to an aromatic ring is 1.